The summed E-state index contributed by atoms with van der Waals surface area (Å²) in [6.07, 6.45) is 0. The van der Waals surface area contributed by atoms with Crippen molar-refractivity contribution in [3.8, 4) is 0 Å². The van der Waals surface area contributed by atoms with Crippen molar-refractivity contribution in [2.24, 2.45) is 0 Å². The minimum Gasteiger partial charge on any atom is -0.480 e. The number of rotatable bonds is 6. The van der Waals surface area contributed by atoms with E-state index in [1.54, 1.807) is 17.4 Å². The number of thiophene rings is 1. The molecule has 0 saturated carbocycles. The minimum absolute atomic E-state index is 0.283. The van der Waals surface area contributed by atoms with E-state index in [1.807, 2.05) is 0 Å². The molecule has 0 aromatic carbocycles. The summed E-state index contributed by atoms with van der Waals surface area (Å²) in [6.45, 7) is 7.43. The van der Waals surface area contributed by atoms with Crippen LogP contribution in [0.15, 0.2) is 6.07 Å². The molecule has 1 N–H and O–H groups in total. The Morgan fingerprint density at radius 1 is 1.32 bits per heavy atom. The third-order valence-corrected chi connectivity index (χ3v) is 5.79. The van der Waals surface area contributed by atoms with Gasteiger partial charge in [0.1, 0.15) is 10.9 Å². The van der Waals surface area contributed by atoms with Crippen LogP contribution >= 0.6 is 22.7 Å². The van der Waals surface area contributed by atoms with E-state index in [2.05, 4.69) is 23.7 Å². The van der Waals surface area contributed by atoms with Crippen molar-refractivity contribution in [2.45, 2.75) is 26.8 Å². The second kappa shape index (κ2) is 6.62. The molecule has 0 saturated heterocycles. The number of aromatic nitrogens is 1. The van der Waals surface area contributed by atoms with E-state index in [4.69, 9.17) is 5.11 Å². The van der Waals surface area contributed by atoms with Crippen molar-refractivity contribution in [1.29, 1.82) is 0 Å². The lowest BCUT2D eigenvalue weighted by atomic mass is 10.3. The van der Waals surface area contributed by atoms with Gasteiger partial charge >= 0.3 is 5.97 Å². The summed E-state index contributed by atoms with van der Waals surface area (Å²) in [4.78, 5) is 32.6. The van der Waals surface area contributed by atoms with Crippen LogP contribution in [0.25, 0.3) is 9.53 Å². The van der Waals surface area contributed by atoms with Crippen LogP contribution in [0.2, 0.25) is 0 Å². The Labute approximate surface area is 137 Å². The number of likely N-dealkylation sites (N-methyl/N-ethyl adjacent to an activating group) is 1. The monoisotopic (exact) mass is 341 g/mol. The van der Waals surface area contributed by atoms with Crippen molar-refractivity contribution in [3.63, 3.8) is 0 Å². The zero-order valence-corrected chi connectivity index (χ0v) is 14.6. The van der Waals surface area contributed by atoms with Crippen LogP contribution in [0, 0.1) is 0 Å². The molecular weight excluding hydrogens is 322 g/mol. The van der Waals surface area contributed by atoms with Gasteiger partial charge in [0.05, 0.1) is 9.58 Å². The summed E-state index contributed by atoms with van der Waals surface area (Å²) in [5.74, 6) is -1.30. The fourth-order valence-corrected chi connectivity index (χ4v) is 4.29. The highest BCUT2D eigenvalue weighted by molar-refractivity contribution is 7.29. The number of carbonyl (C=O) groups excluding carboxylic acids is 1. The van der Waals surface area contributed by atoms with Gasteiger partial charge in [0.25, 0.3) is 5.91 Å². The second-order valence-corrected chi connectivity index (χ2v) is 6.92. The molecule has 6 nitrogen and oxygen atoms in total. The van der Waals surface area contributed by atoms with Gasteiger partial charge < -0.3 is 14.9 Å². The molecule has 0 radical (unpaired) electrons. The van der Waals surface area contributed by atoms with Crippen LogP contribution in [-0.4, -0.2) is 53.0 Å². The van der Waals surface area contributed by atoms with Crippen LogP contribution < -0.4 is 4.90 Å². The predicted octanol–water partition coefficient (Wildman–Crippen LogP) is 2.75. The molecule has 1 atom stereocenters. The van der Waals surface area contributed by atoms with Gasteiger partial charge in [-0.05, 0) is 26.8 Å². The van der Waals surface area contributed by atoms with Gasteiger partial charge in [-0.3, -0.25) is 4.79 Å². The van der Waals surface area contributed by atoms with Gasteiger partial charge in [-0.25, -0.2) is 9.78 Å². The molecule has 0 aliphatic rings. The Kier molecular flexibility index (Phi) is 5.02. The highest BCUT2D eigenvalue weighted by Crippen LogP contribution is 2.35. The SMILES string of the molecule is CCN(CC)c1nc2sc(C(=O)N(C)C(C)C(=O)O)cc2s1. The Balaban J connectivity index is 2.25. The van der Waals surface area contributed by atoms with E-state index >= 15 is 0 Å². The number of hydrogen-bond acceptors (Lipinski definition) is 6. The molecule has 2 heterocycles. The Morgan fingerprint density at radius 2 is 1.95 bits per heavy atom. The molecule has 0 aliphatic carbocycles. The Morgan fingerprint density at radius 3 is 2.45 bits per heavy atom. The average Bonchev–Trinajstić information content (AvgIpc) is 3.04. The van der Waals surface area contributed by atoms with Crippen LogP contribution in [0.5, 0.6) is 0 Å². The first-order chi connectivity index (χ1) is 10.4. The minimum atomic E-state index is -1.02. The number of carboxylic acid groups (broad SMARTS) is 1. The van der Waals surface area contributed by atoms with Gasteiger partial charge in [0.15, 0.2) is 5.13 Å². The lowest BCUT2D eigenvalue weighted by Crippen LogP contribution is -2.39. The summed E-state index contributed by atoms with van der Waals surface area (Å²) in [6, 6.07) is 0.949. The van der Waals surface area contributed by atoms with Crippen molar-refractivity contribution in [1.82, 2.24) is 9.88 Å². The Bertz CT molecular complexity index is 659. The maximum atomic E-state index is 12.3. The van der Waals surface area contributed by atoms with Crippen LogP contribution in [0.1, 0.15) is 30.4 Å². The number of carbonyl (C=O) groups is 2. The largest absolute Gasteiger partial charge is 0.480 e. The van der Waals surface area contributed by atoms with Crippen molar-refractivity contribution >= 4 is 49.2 Å². The number of hydrogen-bond donors (Lipinski definition) is 1. The standard InChI is InChI=1S/C14H19N3O3S2/c1-5-17(6-2)14-15-11-9(22-14)7-10(21-11)12(18)16(4)8(3)13(19)20/h7-8H,5-6H2,1-4H3,(H,19,20). The van der Waals surface area contributed by atoms with E-state index in [-0.39, 0.29) is 5.91 Å². The molecule has 1 amide bonds. The molecule has 1 unspecified atom stereocenters. The molecule has 120 valence electrons. The molecule has 0 aliphatic heterocycles. The van der Waals surface area contributed by atoms with E-state index in [9.17, 15) is 9.59 Å². The van der Waals surface area contributed by atoms with Gasteiger partial charge in [-0.2, -0.15) is 0 Å². The second-order valence-electron chi connectivity index (χ2n) is 4.88. The number of fused-ring (bicyclic) bond motifs is 1. The highest BCUT2D eigenvalue weighted by atomic mass is 32.1. The van der Waals surface area contributed by atoms with E-state index in [0.29, 0.717) is 4.88 Å². The molecular formula is C14H19N3O3S2. The average molecular weight is 341 g/mol. The highest BCUT2D eigenvalue weighted by Gasteiger charge is 2.25. The smallest absolute Gasteiger partial charge is 0.326 e. The molecule has 8 heteroatoms. The molecule has 2 rings (SSSR count). The van der Waals surface area contributed by atoms with Gasteiger partial charge in [-0.1, -0.05) is 11.3 Å². The predicted molar refractivity (Wildman–Crippen MR) is 90.2 cm³/mol. The van der Waals surface area contributed by atoms with Crippen molar-refractivity contribution < 1.29 is 14.7 Å². The van der Waals surface area contributed by atoms with Gasteiger partial charge in [0, 0.05) is 20.1 Å². The van der Waals surface area contributed by atoms with E-state index in [0.717, 1.165) is 27.8 Å². The lowest BCUT2D eigenvalue weighted by molar-refractivity contribution is -0.141. The molecule has 0 fully saturated rings. The van der Waals surface area contributed by atoms with Crippen LogP contribution in [0.4, 0.5) is 5.13 Å². The number of aliphatic carboxylic acids is 1. The first-order valence-corrected chi connectivity index (χ1v) is 8.67. The number of thiazole rings is 1. The fraction of sp³-hybridized carbons (Fsp3) is 0.500. The Hall–Kier alpha value is -1.67. The summed E-state index contributed by atoms with van der Waals surface area (Å²) >= 11 is 2.87. The first kappa shape index (κ1) is 16.7. The van der Waals surface area contributed by atoms with E-state index in [1.165, 1.54) is 30.2 Å². The van der Waals surface area contributed by atoms with Gasteiger partial charge in [0.2, 0.25) is 0 Å². The molecule has 22 heavy (non-hydrogen) atoms. The molecule has 0 bridgehead atoms. The zero-order valence-electron chi connectivity index (χ0n) is 13.0. The quantitative estimate of drug-likeness (QED) is 0.874. The summed E-state index contributed by atoms with van der Waals surface area (Å²) in [5.41, 5.74) is 0. The molecule has 2 aromatic heterocycles. The molecule has 0 spiro atoms. The third-order valence-electron chi connectivity index (χ3n) is 3.58. The van der Waals surface area contributed by atoms with Gasteiger partial charge in [-0.15, -0.1) is 11.3 Å². The number of carboxylic acids is 1. The maximum absolute atomic E-state index is 12.3. The normalized spacial score (nSPS) is 12.4. The summed E-state index contributed by atoms with van der Waals surface area (Å²) in [5, 5.41) is 9.95. The zero-order chi connectivity index (χ0) is 16.4. The third kappa shape index (κ3) is 3.07. The summed E-state index contributed by atoms with van der Waals surface area (Å²) in [7, 11) is 1.50. The van der Waals surface area contributed by atoms with Crippen LogP contribution in [-0.2, 0) is 4.79 Å². The topological polar surface area (TPSA) is 73.7 Å². The maximum Gasteiger partial charge on any atom is 0.326 e. The van der Waals surface area contributed by atoms with E-state index < -0.39 is 12.0 Å². The number of nitrogens with zero attached hydrogens (tertiary/aromatic N) is 3. The number of anilines is 1. The van der Waals surface area contributed by atoms with Crippen molar-refractivity contribution in [2.75, 3.05) is 25.0 Å². The lowest BCUT2D eigenvalue weighted by Gasteiger charge is -2.20. The molecule has 2 aromatic rings. The fourth-order valence-electron chi connectivity index (χ4n) is 1.97. The summed E-state index contributed by atoms with van der Waals surface area (Å²) < 4.78 is 0.964. The number of amides is 1. The first-order valence-electron chi connectivity index (χ1n) is 7.04. The van der Waals surface area contributed by atoms with Crippen molar-refractivity contribution in [3.05, 3.63) is 10.9 Å². The van der Waals surface area contributed by atoms with Crippen LogP contribution in [0.3, 0.4) is 0 Å².